The molecule has 5 aromatic heterocycles. The van der Waals surface area contributed by atoms with Gasteiger partial charge in [0.15, 0.2) is 5.82 Å². The van der Waals surface area contributed by atoms with E-state index in [0.717, 1.165) is 43.8 Å². The predicted molar refractivity (Wildman–Crippen MR) is 152 cm³/mol. The highest BCUT2D eigenvalue weighted by atomic mass is 32.1. The number of rotatable bonds is 5. The van der Waals surface area contributed by atoms with Crippen LogP contribution >= 0.6 is 11.3 Å². The van der Waals surface area contributed by atoms with E-state index in [-0.39, 0.29) is 11.6 Å². The summed E-state index contributed by atoms with van der Waals surface area (Å²) >= 11 is 1.46. The van der Waals surface area contributed by atoms with Crippen molar-refractivity contribution in [3.05, 3.63) is 107 Å². The molecule has 0 saturated carbocycles. The Kier molecular flexibility index (Phi) is 5.22. The van der Waals surface area contributed by atoms with Crippen LogP contribution in [0.25, 0.3) is 49.0 Å². The second-order valence-corrected chi connectivity index (χ2v) is 9.88. The van der Waals surface area contributed by atoms with Crippen molar-refractivity contribution in [1.82, 2.24) is 29.5 Å². The minimum absolute atomic E-state index is 0.0939. The van der Waals surface area contributed by atoms with Crippen LogP contribution in [0.4, 0.5) is 5.82 Å². The lowest BCUT2D eigenvalue weighted by atomic mass is 9.98. The molecule has 0 fully saturated rings. The quantitative estimate of drug-likeness (QED) is 0.287. The Labute approximate surface area is 220 Å². The number of benzene rings is 2. The number of nitrogens with zero attached hydrogens (tertiary/aromatic N) is 5. The molecular formula is C29H21N7OS. The average Bonchev–Trinajstić information content (AvgIpc) is 3.63. The topological polar surface area (TPSA) is 101 Å². The maximum Gasteiger partial charge on any atom is 0.263 e. The maximum atomic E-state index is 14.4. The Morgan fingerprint density at radius 2 is 1.84 bits per heavy atom. The van der Waals surface area contributed by atoms with Gasteiger partial charge in [-0.1, -0.05) is 36.4 Å². The fourth-order valence-electron chi connectivity index (χ4n) is 4.95. The summed E-state index contributed by atoms with van der Waals surface area (Å²) < 4.78 is 1.78. The first-order chi connectivity index (χ1) is 18.7. The van der Waals surface area contributed by atoms with E-state index in [4.69, 9.17) is 0 Å². The number of fused-ring (bicyclic) bond motifs is 3. The van der Waals surface area contributed by atoms with Crippen LogP contribution in [0, 0.1) is 0 Å². The van der Waals surface area contributed by atoms with E-state index >= 15 is 0 Å². The van der Waals surface area contributed by atoms with Gasteiger partial charge < -0.3 is 10.3 Å². The van der Waals surface area contributed by atoms with Gasteiger partial charge in [-0.2, -0.15) is 0 Å². The molecular weight excluding hydrogens is 494 g/mol. The van der Waals surface area contributed by atoms with E-state index in [1.54, 1.807) is 10.1 Å². The summed E-state index contributed by atoms with van der Waals surface area (Å²) in [6.07, 6.45) is 5.21. The van der Waals surface area contributed by atoms with Crippen molar-refractivity contribution in [3.63, 3.8) is 0 Å². The van der Waals surface area contributed by atoms with Crippen LogP contribution in [0.1, 0.15) is 18.7 Å². The molecule has 38 heavy (non-hydrogen) atoms. The van der Waals surface area contributed by atoms with Crippen LogP contribution in [-0.2, 0) is 0 Å². The molecule has 184 valence electrons. The number of pyridine rings is 2. The summed E-state index contributed by atoms with van der Waals surface area (Å²) in [6, 6.07) is 21.5. The lowest BCUT2D eigenvalue weighted by Crippen LogP contribution is -2.26. The molecule has 2 aromatic carbocycles. The number of H-pyrrole nitrogens is 1. The zero-order chi connectivity index (χ0) is 25.6. The third-order valence-corrected chi connectivity index (χ3v) is 7.47. The van der Waals surface area contributed by atoms with Crippen LogP contribution in [0.3, 0.4) is 0 Å². The molecule has 7 rings (SSSR count). The molecule has 5 heterocycles. The minimum atomic E-state index is -0.256. The molecule has 2 N–H and O–H groups in total. The van der Waals surface area contributed by atoms with Crippen molar-refractivity contribution in [2.75, 3.05) is 5.32 Å². The van der Waals surface area contributed by atoms with Crippen molar-refractivity contribution in [2.45, 2.75) is 13.0 Å². The van der Waals surface area contributed by atoms with Gasteiger partial charge in [-0.05, 0) is 48.2 Å². The van der Waals surface area contributed by atoms with Crippen LogP contribution in [0.2, 0.25) is 0 Å². The fourth-order valence-corrected chi connectivity index (χ4v) is 5.58. The highest BCUT2D eigenvalue weighted by Crippen LogP contribution is 2.31. The van der Waals surface area contributed by atoms with E-state index in [1.807, 2.05) is 73.9 Å². The fraction of sp³-hybridized carbons (Fsp3) is 0.0690. The van der Waals surface area contributed by atoms with Crippen molar-refractivity contribution in [1.29, 1.82) is 0 Å². The third kappa shape index (κ3) is 3.63. The predicted octanol–water partition coefficient (Wildman–Crippen LogP) is 6.11. The average molecular weight is 516 g/mol. The lowest BCUT2D eigenvalue weighted by molar-refractivity contribution is 0.774. The van der Waals surface area contributed by atoms with E-state index < -0.39 is 0 Å². The monoisotopic (exact) mass is 515 g/mol. The SMILES string of the molecule is CC(Nc1ncnc2scnc12)c1cc2cccc(-c3cnc4[nH]ccc4c3)c2c(=O)n1-c1ccccc1. The van der Waals surface area contributed by atoms with Gasteiger partial charge in [-0.3, -0.25) is 9.36 Å². The van der Waals surface area contributed by atoms with Gasteiger partial charge in [-0.25, -0.2) is 19.9 Å². The first kappa shape index (κ1) is 22.3. The van der Waals surface area contributed by atoms with Crippen molar-refractivity contribution in [3.8, 4) is 16.8 Å². The molecule has 0 aliphatic heterocycles. The van der Waals surface area contributed by atoms with Gasteiger partial charge in [0.2, 0.25) is 0 Å². The molecule has 0 radical (unpaired) electrons. The molecule has 7 aromatic rings. The summed E-state index contributed by atoms with van der Waals surface area (Å²) in [7, 11) is 0. The minimum Gasteiger partial charge on any atom is -0.360 e. The van der Waals surface area contributed by atoms with Crippen molar-refractivity contribution < 1.29 is 0 Å². The zero-order valence-corrected chi connectivity index (χ0v) is 21.1. The normalized spacial score (nSPS) is 12.3. The second kappa shape index (κ2) is 8.89. The molecule has 0 saturated heterocycles. The molecule has 0 aliphatic rings. The Balaban J connectivity index is 1.44. The molecule has 0 amide bonds. The molecule has 8 nitrogen and oxygen atoms in total. The van der Waals surface area contributed by atoms with Crippen molar-refractivity contribution >= 4 is 49.3 Å². The van der Waals surface area contributed by atoms with Crippen LogP contribution in [0.5, 0.6) is 0 Å². The summed E-state index contributed by atoms with van der Waals surface area (Å²) in [4.78, 5) is 36.0. The molecule has 1 atom stereocenters. The standard InChI is InChI=1S/C29H21N7OS/c1-17(35-27-25-28(33-15-32-27)38-16-34-25)23-13-18-6-5-9-22(20-12-19-10-11-30-26(19)31-14-20)24(18)29(37)36(23)21-7-3-2-4-8-21/h2-17H,1H3,(H,30,31)(H,32,33,35). The van der Waals surface area contributed by atoms with Crippen molar-refractivity contribution in [2.24, 2.45) is 0 Å². The van der Waals surface area contributed by atoms with E-state index in [9.17, 15) is 4.79 Å². The van der Waals surface area contributed by atoms with Gasteiger partial charge in [0.05, 0.1) is 16.9 Å². The first-order valence-corrected chi connectivity index (χ1v) is 13.0. The summed E-state index contributed by atoms with van der Waals surface area (Å²) in [5, 5.41) is 5.97. The molecule has 0 spiro atoms. The number of nitrogens with one attached hydrogen (secondary N) is 2. The second-order valence-electron chi connectivity index (χ2n) is 9.05. The Morgan fingerprint density at radius 3 is 2.74 bits per heavy atom. The number of hydrogen-bond acceptors (Lipinski definition) is 7. The number of thiazole rings is 1. The van der Waals surface area contributed by atoms with Crippen LogP contribution in [-0.4, -0.2) is 29.5 Å². The highest BCUT2D eigenvalue weighted by molar-refractivity contribution is 7.16. The highest BCUT2D eigenvalue weighted by Gasteiger charge is 2.20. The van der Waals surface area contributed by atoms with E-state index in [1.165, 1.54) is 17.7 Å². The summed E-state index contributed by atoms with van der Waals surface area (Å²) in [5.74, 6) is 0.635. The lowest BCUT2D eigenvalue weighted by Gasteiger charge is -2.22. The van der Waals surface area contributed by atoms with Gasteiger partial charge in [0.25, 0.3) is 5.56 Å². The Morgan fingerprint density at radius 1 is 0.947 bits per heavy atom. The Bertz CT molecular complexity index is 2010. The summed E-state index contributed by atoms with van der Waals surface area (Å²) in [6.45, 7) is 2.02. The van der Waals surface area contributed by atoms with Gasteiger partial charge in [-0.15, -0.1) is 11.3 Å². The molecule has 0 aliphatic carbocycles. The summed E-state index contributed by atoms with van der Waals surface area (Å²) in [5.41, 5.74) is 6.54. The molecule has 9 heteroatoms. The number of aromatic amines is 1. The van der Waals surface area contributed by atoms with Crippen LogP contribution < -0.4 is 10.9 Å². The number of aromatic nitrogens is 6. The number of anilines is 1. The van der Waals surface area contributed by atoms with Gasteiger partial charge >= 0.3 is 0 Å². The van der Waals surface area contributed by atoms with Crippen LogP contribution in [0.15, 0.2) is 95.8 Å². The molecule has 1 unspecified atom stereocenters. The number of para-hydroxylation sites is 1. The van der Waals surface area contributed by atoms with E-state index in [2.05, 4.69) is 42.4 Å². The largest absolute Gasteiger partial charge is 0.360 e. The third-order valence-electron chi connectivity index (χ3n) is 6.73. The van der Waals surface area contributed by atoms with Gasteiger partial charge in [0, 0.05) is 34.7 Å². The Hall–Kier alpha value is -4.89. The zero-order valence-electron chi connectivity index (χ0n) is 20.3. The van der Waals surface area contributed by atoms with E-state index in [0.29, 0.717) is 16.7 Å². The molecule has 0 bridgehead atoms. The first-order valence-electron chi connectivity index (χ1n) is 12.2. The maximum absolute atomic E-state index is 14.4. The smallest absolute Gasteiger partial charge is 0.263 e. The number of hydrogen-bond donors (Lipinski definition) is 2. The van der Waals surface area contributed by atoms with Gasteiger partial charge in [0.1, 0.15) is 22.3 Å².